The lowest BCUT2D eigenvalue weighted by Crippen LogP contribution is -1.97. The van der Waals surface area contributed by atoms with Crippen LogP contribution in [0.5, 0.6) is 5.75 Å². The third kappa shape index (κ3) is 2.97. The van der Waals surface area contributed by atoms with Crippen LogP contribution in [0.4, 0.5) is 11.7 Å². The van der Waals surface area contributed by atoms with Gasteiger partial charge in [0.25, 0.3) is 0 Å². The van der Waals surface area contributed by atoms with E-state index in [2.05, 4.69) is 15.5 Å². The van der Waals surface area contributed by atoms with Crippen molar-refractivity contribution in [3.05, 3.63) is 30.2 Å². The first-order chi connectivity index (χ1) is 8.65. The predicted molar refractivity (Wildman–Crippen MR) is 61.6 cm³/mol. The molecular weight excluding hydrogens is 238 g/mol. The van der Waals surface area contributed by atoms with E-state index in [1.807, 2.05) is 0 Å². The molecule has 3 N–H and O–H groups in total. The van der Waals surface area contributed by atoms with Crippen molar-refractivity contribution in [2.45, 2.75) is 12.8 Å². The van der Waals surface area contributed by atoms with Gasteiger partial charge >= 0.3 is 12.0 Å². The SMILES string of the molecule is O=C(O)CCc1nnc(Nc2ccccc2O)o1. The van der Waals surface area contributed by atoms with Gasteiger partial charge in [0.05, 0.1) is 12.1 Å². The molecule has 0 amide bonds. The van der Waals surface area contributed by atoms with Crippen molar-refractivity contribution in [2.24, 2.45) is 0 Å². The lowest BCUT2D eigenvalue weighted by Gasteiger charge is -2.02. The van der Waals surface area contributed by atoms with Gasteiger partial charge in [-0.3, -0.25) is 4.79 Å². The summed E-state index contributed by atoms with van der Waals surface area (Å²) in [5.41, 5.74) is 0.436. The first-order valence-corrected chi connectivity index (χ1v) is 5.24. The predicted octanol–water partition coefficient (Wildman–Crippen LogP) is 1.54. The molecule has 0 atom stereocenters. The second-order valence-corrected chi connectivity index (χ2v) is 3.54. The van der Waals surface area contributed by atoms with Crippen LogP contribution in [0.25, 0.3) is 0 Å². The number of carboxylic acids is 1. The van der Waals surface area contributed by atoms with E-state index in [1.165, 1.54) is 6.07 Å². The van der Waals surface area contributed by atoms with Gasteiger partial charge in [0.1, 0.15) is 5.75 Å². The summed E-state index contributed by atoms with van der Waals surface area (Å²) >= 11 is 0. The number of hydrogen-bond donors (Lipinski definition) is 3. The molecule has 1 aromatic heterocycles. The highest BCUT2D eigenvalue weighted by molar-refractivity contribution is 5.66. The maximum absolute atomic E-state index is 10.4. The molecule has 0 aliphatic carbocycles. The second-order valence-electron chi connectivity index (χ2n) is 3.54. The van der Waals surface area contributed by atoms with Crippen molar-refractivity contribution < 1.29 is 19.4 Å². The number of para-hydroxylation sites is 2. The molecule has 94 valence electrons. The highest BCUT2D eigenvalue weighted by Crippen LogP contribution is 2.25. The average Bonchev–Trinajstić information content (AvgIpc) is 2.77. The smallest absolute Gasteiger partial charge is 0.320 e. The lowest BCUT2D eigenvalue weighted by molar-refractivity contribution is -0.137. The van der Waals surface area contributed by atoms with Gasteiger partial charge in [-0.2, -0.15) is 0 Å². The second kappa shape index (κ2) is 5.17. The van der Waals surface area contributed by atoms with E-state index in [4.69, 9.17) is 9.52 Å². The Kier molecular flexibility index (Phi) is 3.42. The molecule has 18 heavy (non-hydrogen) atoms. The van der Waals surface area contributed by atoms with Crippen LogP contribution in [0.2, 0.25) is 0 Å². The molecule has 0 saturated carbocycles. The van der Waals surface area contributed by atoms with E-state index < -0.39 is 5.97 Å². The first-order valence-electron chi connectivity index (χ1n) is 5.24. The fraction of sp³-hybridized carbons (Fsp3) is 0.182. The molecule has 2 rings (SSSR count). The van der Waals surface area contributed by atoms with E-state index in [0.717, 1.165) is 0 Å². The Morgan fingerprint density at radius 3 is 2.83 bits per heavy atom. The molecule has 0 radical (unpaired) electrons. The summed E-state index contributed by atoms with van der Waals surface area (Å²) in [5.74, 6) is -0.637. The fourth-order valence-corrected chi connectivity index (χ4v) is 1.31. The number of carbonyl (C=O) groups is 1. The van der Waals surface area contributed by atoms with Crippen LogP contribution in [0.15, 0.2) is 28.7 Å². The number of aliphatic carboxylic acids is 1. The monoisotopic (exact) mass is 249 g/mol. The van der Waals surface area contributed by atoms with Crippen molar-refractivity contribution in [3.63, 3.8) is 0 Å². The van der Waals surface area contributed by atoms with Gasteiger partial charge in [0.15, 0.2) is 0 Å². The Labute approximate surface area is 102 Å². The first kappa shape index (κ1) is 11.9. The third-order valence-electron chi connectivity index (χ3n) is 2.17. The van der Waals surface area contributed by atoms with Crippen molar-refractivity contribution >= 4 is 17.7 Å². The van der Waals surface area contributed by atoms with Crippen LogP contribution in [0.3, 0.4) is 0 Å². The molecule has 7 nitrogen and oxygen atoms in total. The molecule has 1 aromatic carbocycles. The number of phenolic OH excluding ortho intramolecular Hbond substituents is 1. The van der Waals surface area contributed by atoms with Crippen LogP contribution in [0, 0.1) is 0 Å². The number of benzene rings is 1. The summed E-state index contributed by atoms with van der Waals surface area (Å²) in [6.07, 6.45) is 0.100. The lowest BCUT2D eigenvalue weighted by atomic mass is 10.3. The topological polar surface area (TPSA) is 108 Å². The molecule has 7 heteroatoms. The van der Waals surface area contributed by atoms with Crippen molar-refractivity contribution in [2.75, 3.05) is 5.32 Å². The number of rotatable bonds is 5. The number of aromatic hydroxyl groups is 1. The maximum atomic E-state index is 10.4. The van der Waals surface area contributed by atoms with E-state index in [-0.39, 0.29) is 30.5 Å². The summed E-state index contributed by atoms with van der Waals surface area (Å²) < 4.78 is 5.19. The standard InChI is InChI=1S/C11H11N3O4/c15-8-4-2-1-3-7(8)12-11-14-13-9(18-11)5-6-10(16)17/h1-4,15H,5-6H2,(H,12,14)(H,16,17). The average molecular weight is 249 g/mol. The maximum Gasteiger partial charge on any atom is 0.320 e. The number of anilines is 2. The Hall–Kier alpha value is -2.57. The number of phenols is 1. The Balaban J connectivity index is 2.02. The number of aromatic nitrogens is 2. The van der Waals surface area contributed by atoms with Gasteiger partial charge in [-0.1, -0.05) is 17.2 Å². The third-order valence-corrected chi connectivity index (χ3v) is 2.17. The zero-order valence-corrected chi connectivity index (χ0v) is 9.33. The number of nitrogens with zero attached hydrogens (tertiary/aromatic N) is 2. The van der Waals surface area contributed by atoms with E-state index in [9.17, 15) is 9.90 Å². The summed E-state index contributed by atoms with van der Waals surface area (Å²) in [6.45, 7) is 0. The summed E-state index contributed by atoms with van der Waals surface area (Å²) in [5, 5.41) is 28.2. The quantitative estimate of drug-likeness (QED) is 0.689. The van der Waals surface area contributed by atoms with Crippen LogP contribution in [-0.4, -0.2) is 26.4 Å². The number of carboxylic acid groups (broad SMARTS) is 1. The zero-order valence-electron chi connectivity index (χ0n) is 9.33. The van der Waals surface area contributed by atoms with Gasteiger partial charge in [-0.15, -0.1) is 5.10 Å². The van der Waals surface area contributed by atoms with Gasteiger partial charge in [0.2, 0.25) is 5.89 Å². The minimum absolute atomic E-state index is 0.0581. The Bertz CT molecular complexity index is 553. The minimum atomic E-state index is -0.927. The fourth-order valence-electron chi connectivity index (χ4n) is 1.31. The Morgan fingerprint density at radius 2 is 2.11 bits per heavy atom. The summed E-state index contributed by atoms with van der Waals surface area (Å²) in [6, 6.07) is 6.70. The summed E-state index contributed by atoms with van der Waals surface area (Å²) in [4.78, 5) is 10.4. The molecule has 0 spiro atoms. The number of nitrogens with one attached hydrogen (secondary N) is 1. The highest BCUT2D eigenvalue weighted by Gasteiger charge is 2.09. The molecule has 0 bridgehead atoms. The molecule has 0 fully saturated rings. The van der Waals surface area contributed by atoms with E-state index >= 15 is 0 Å². The number of hydrogen-bond acceptors (Lipinski definition) is 6. The van der Waals surface area contributed by atoms with Crippen LogP contribution < -0.4 is 5.32 Å². The zero-order chi connectivity index (χ0) is 13.0. The molecule has 0 aliphatic rings. The van der Waals surface area contributed by atoms with E-state index in [1.54, 1.807) is 18.2 Å². The number of aryl methyl sites for hydroxylation is 1. The van der Waals surface area contributed by atoms with Crippen LogP contribution in [0.1, 0.15) is 12.3 Å². The molecular formula is C11H11N3O4. The van der Waals surface area contributed by atoms with Gasteiger partial charge < -0.3 is 19.9 Å². The molecule has 0 saturated heterocycles. The van der Waals surface area contributed by atoms with Gasteiger partial charge in [-0.05, 0) is 12.1 Å². The van der Waals surface area contributed by atoms with Crippen LogP contribution in [-0.2, 0) is 11.2 Å². The summed E-state index contributed by atoms with van der Waals surface area (Å²) in [7, 11) is 0. The largest absolute Gasteiger partial charge is 0.506 e. The molecule has 2 aromatic rings. The van der Waals surface area contributed by atoms with Gasteiger partial charge in [-0.25, -0.2) is 0 Å². The van der Waals surface area contributed by atoms with E-state index in [0.29, 0.717) is 5.69 Å². The molecule has 0 unspecified atom stereocenters. The van der Waals surface area contributed by atoms with Crippen molar-refractivity contribution in [3.8, 4) is 5.75 Å². The Morgan fingerprint density at radius 1 is 1.33 bits per heavy atom. The van der Waals surface area contributed by atoms with Crippen molar-refractivity contribution in [1.82, 2.24) is 10.2 Å². The normalized spacial score (nSPS) is 10.2. The van der Waals surface area contributed by atoms with Crippen molar-refractivity contribution in [1.29, 1.82) is 0 Å². The van der Waals surface area contributed by atoms with Gasteiger partial charge in [0, 0.05) is 6.42 Å². The minimum Gasteiger partial charge on any atom is -0.506 e. The molecule has 1 heterocycles. The molecule has 0 aliphatic heterocycles. The highest BCUT2D eigenvalue weighted by atomic mass is 16.4. The van der Waals surface area contributed by atoms with Crippen LogP contribution >= 0.6 is 0 Å².